The Morgan fingerprint density at radius 1 is 1.24 bits per heavy atom. The van der Waals surface area contributed by atoms with Gasteiger partial charge in [-0.3, -0.25) is 0 Å². The smallest absolute Gasteiger partial charge is 0.0223 e. The van der Waals surface area contributed by atoms with Gasteiger partial charge in [-0.2, -0.15) is 0 Å². The summed E-state index contributed by atoms with van der Waals surface area (Å²) in [6, 6.07) is 2.31. The summed E-state index contributed by atoms with van der Waals surface area (Å²) < 4.78 is 2.38. The zero-order valence-electron chi connectivity index (χ0n) is 12.4. The Morgan fingerprint density at radius 2 is 1.88 bits per heavy atom. The summed E-state index contributed by atoms with van der Waals surface area (Å²) in [5, 5.41) is 3.55. The lowest BCUT2D eigenvalue weighted by atomic mass is 9.92. The Kier molecular flexibility index (Phi) is 4.81. The largest absolute Gasteiger partial charge is 0.349 e. The van der Waals surface area contributed by atoms with Crippen molar-refractivity contribution in [2.45, 2.75) is 61.1 Å². The van der Waals surface area contributed by atoms with Crippen LogP contribution in [0, 0.1) is 19.3 Å². The third kappa shape index (κ3) is 4.19. The first-order valence-electron chi connectivity index (χ1n) is 6.71. The van der Waals surface area contributed by atoms with Gasteiger partial charge in [0.25, 0.3) is 0 Å². The molecule has 2 heteroatoms. The fraction of sp³-hybridized carbons (Fsp3) is 0.733. The lowest BCUT2D eigenvalue weighted by Crippen LogP contribution is -2.20. The molecule has 0 aromatic carbocycles. The Labute approximate surface area is 106 Å². The molecular weight excluding hydrogens is 208 g/mol. The highest BCUT2D eigenvalue weighted by Gasteiger charge is 2.10. The molecule has 17 heavy (non-hydrogen) atoms. The van der Waals surface area contributed by atoms with Crippen molar-refractivity contribution in [3.05, 3.63) is 23.0 Å². The van der Waals surface area contributed by atoms with Crippen LogP contribution in [0.1, 0.15) is 51.1 Å². The predicted octanol–water partition coefficient (Wildman–Crippen LogP) is 3.65. The molecular formula is C15H28N2. The minimum Gasteiger partial charge on any atom is -0.349 e. The molecule has 1 rings (SSSR count). The summed E-state index contributed by atoms with van der Waals surface area (Å²) in [5.41, 5.74) is 4.65. The average Bonchev–Trinajstić information content (AvgIpc) is 2.47. The van der Waals surface area contributed by atoms with E-state index < -0.39 is 0 Å². The van der Waals surface area contributed by atoms with Crippen LogP contribution in [0.3, 0.4) is 0 Å². The highest BCUT2D eigenvalue weighted by molar-refractivity contribution is 5.26. The fourth-order valence-corrected chi connectivity index (χ4v) is 2.22. The summed E-state index contributed by atoms with van der Waals surface area (Å²) in [6.45, 7) is 16.6. The van der Waals surface area contributed by atoms with Gasteiger partial charge >= 0.3 is 0 Å². The van der Waals surface area contributed by atoms with Gasteiger partial charge in [-0.15, -0.1) is 0 Å². The topological polar surface area (TPSA) is 17.0 Å². The van der Waals surface area contributed by atoms with Gasteiger partial charge in [-0.05, 0) is 50.8 Å². The summed E-state index contributed by atoms with van der Waals surface area (Å²) in [6.07, 6.45) is 1.22. The predicted molar refractivity (Wildman–Crippen MR) is 75.4 cm³/mol. The third-order valence-electron chi connectivity index (χ3n) is 3.36. The summed E-state index contributed by atoms with van der Waals surface area (Å²) in [5.74, 6) is 0. The SMILES string of the molecule is CCn1c(C)cc(CNCCC(C)(C)C)c1C. The first kappa shape index (κ1) is 14.3. The van der Waals surface area contributed by atoms with Crippen LogP contribution in [-0.2, 0) is 13.1 Å². The number of nitrogens with one attached hydrogen (secondary N) is 1. The Hall–Kier alpha value is -0.760. The monoisotopic (exact) mass is 236 g/mol. The van der Waals surface area contributed by atoms with Gasteiger partial charge in [0, 0.05) is 24.5 Å². The number of aromatic nitrogens is 1. The van der Waals surface area contributed by atoms with E-state index in [2.05, 4.69) is 57.5 Å². The van der Waals surface area contributed by atoms with E-state index in [1.165, 1.54) is 23.4 Å². The van der Waals surface area contributed by atoms with Crippen LogP contribution in [0.4, 0.5) is 0 Å². The molecule has 0 saturated heterocycles. The molecule has 0 saturated carbocycles. The quantitative estimate of drug-likeness (QED) is 0.772. The van der Waals surface area contributed by atoms with E-state index in [9.17, 15) is 0 Å². The van der Waals surface area contributed by atoms with Crippen molar-refractivity contribution in [2.75, 3.05) is 6.54 Å². The van der Waals surface area contributed by atoms with Crippen LogP contribution in [0.15, 0.2) is 6.07 Å². The van der Waals surface area contributed by atoms with Crippen molar-refractivity contribution in [3.8, 4) is 0 Å². The first-order chi connectivity index (χ1) is 7.85. The molecule has 2 nitrogen and oxygen atoms in total. The number of hydrogen-bond acceptors (Lipinski definition) is 1. The molecule has 0 atom stereocenters. The highest BCUT2D eigenvalue weighted by Crippen LogP contribution is 2.18. The van der Waals surface area contributed by atoms with Crippen LogP contribution in [-0.4, -0.2) is 11.1 Å². The van der Waals surface area contributed by atoms with Crippen LogP contribution >= 0.6 is 0 Å². The second-order valence-corrected chi connectivity index (χ2v) is 6.13. The van der Waals surface area contributed by atoms with Crippen LogP contribution in [0.5, 0.6) is 0 Å². The molecule has 1 aromatic heterocycles. The van der Waals surface area contributed by atoms with Gasteiger partial charge < -0.3 is 9.88 Å². The molecule has 0 aliphatic carbocycles. The van der Waals surface area contributed by atoms with Crippen molar-refractivity contribution < 1.29 is 0 Å². The zero-order valence-corrected chi connectivity index (χ0v) is 12.4. The molecule has 0 radical (unpaired) electrons. The maximum absolute atomic E-state index is 3.55. The lowest BCUT2D eigenvalue weighted by Gasteiger charge is -2.18. The maximum atomic E-state index is 3.55. The van der Waals surface area contributed by atoms with Gasteiger partial charge in [0.05, 0.1) is 0 Å². The van der Waals surface area contributed by atoms with Crippen LogP contribution in [0.25, 0.3) is 0 Å². The van der Waals surface area contributed by atoms with Gasteiger partial charge in [0.15, 0.2) is 0 Å². The fourth-order valence-electron chi connectivity index (χ4n) is 2.22. The normalized spacial score (nSPS) is 12.1. The number of aryl methyl sites for hydroxylation is 1. The van der Waals surface area contributed by atoms with E-state index in [4.69, 9.17) is 0 Å². The Morgan fingerprint density at radius 3 is 2.35 bits per heavy atom. The van der Waals surface area contributed by atoms with Crippen molar-refractivity contribution in [1.82, 2.24) is 9.88 Å². The zero-order chi connectivity index (χ0) is 13.1. The molecule has 0 aliphatic rings. The van der Waals surface area contributed by atoms with Gasteiger partial charge in [-0.25, -0.2) is 0 Å². The first-order valence-corrected chi connectivity index (χ1v) is 6.71. The molecule has 0 amide bonds. The Balaban J connectivity index is 2.47. The minimum atomic E-state index is 0.424. The second kappa shape index (κ2) is 5.72. The van der Waals surface area contributed by atoms with Crippen molar-refractivity contribution in [2.24, 2.45) is 5.41 Å². The van der Waals surface area contributed by atoms with Crippen LogP contribution < -0.4 is 5.32 Å². The van der Waals surface area contributed by atoms with Crippen molar-refractivity contribution in [3.63, 3.8) is 0 Å². The van der Waals surface area contributed by atoms with E-state index in [1.54, 1.807) is 0 Å². The number of hydrogen-bond donors (Lipinski definition) is 1. The molecule has 1 N–H and O–H groups in total. The number of nitrogens with zero attached hydrogens (tertiary/aromatic N) is 1. The van der Waals surface area contributed by atoms with E-state index >= 15 is 0 Å². The van der Waals surface area contributed by atoms with E-state index in [-0.39, 0.29) is 0 Å². The molecule has 0 aliphatic heterocycles. The molecule has 0 spiro atoms. The maximum Gasteiger partial charge on any atom is 0.0223 e. The second-order valence-electron chi connectivity index (χ2n) is 6.13. The van der Waals surface area contributed by atoms with E-state index in [0.717, 1.165) is 19.6 Å². The van der Waals surface area contributed by atoms with Crippen molar-refractivity contribution in [1.29, 1.82) is 0 Å². The van der Waals surface area contributed by atoms with E-state index in [1.807, 2.05) is 0 Å². The summed E-state index contributed by atoms with van der Waals surface area (Å²) in [7, 11) is 0. The standard InChI is InChI=1S/C15H28N2/c1-7-17-12(2)10-14(13(17)3)11-16-9-8-15(4,5)6/h10,16H,7-9,11H2,1-6H3. The molecule has 1 heterocycles. The molecule has 98 valence electrons. The van der Waals surface area contributed by atoms with Gasteiger partial charge in [-0.1, -0.05) is 20.8 Å². The number of rotatable bonds is 5. The minimum absolute atomic E-state index is 0.424. The lowest BCUT2D eigenvalue weighted by molar-refractivity contribution is 0.366. The van der Waals surface area contributed by atoms with Crippen LogP contribution in [0.2, 0.25) is 0 Å². The highest BCUT2D eigenvalue weighted by atomic mass is 15.0. The molecule has 0 unspecified atom stereocenters. The average molecular weight is 236 g/mol. The van der Waals surface area contributed by atoms with Gasteiger partial charge in [0.2, 0.25) is 0 Å². The Bertz CT molecular complexity index is 356. The molecule has 0 bridgehead atoms. The van der Waals surface area contributed by atoms with E-state index in [0.29, 0.717) is 5.41 Å². The van der Waals surface area contributed by atoms with Crippen molar-refractivity contribution >= 4 is 0 Å². The molecule has 1 aromatic rings. The van der Waals surface area contributed by atoms with Gasteiger partial charge in [0.1, 0.15) is 0 Å². The molecule has 0 fully saturated rings. The summed E-state index contributed by atoms with van der Waals surface area (Å²) >= 11 is 0. The summed E-state index contributed by atoms with van der Waals surface area (Å²) in [4.78, 5) is 0. The third-order valence-corrected chi connectivity index (χ3v) is 3.36.